The lowest BCUT2D eigenvalue weighted by Crippen LogP contribution is -2.15. The largest absolute Gasteiger partial charge is 0.280 e. The second-order valence-electron chi connectivity index (χ2n) is 4.32. The predicted molar refractivity (Wildman–Crippen MR) is 75.7 cm³/mol. The lowest BCUT2D eigenvalue weighted by atomic mass is 10.2. The zero-order valence-corrected chi connectivity index (χ0v) is 11.3. The molecule has 1 aromatic carbocycles. The van der Waals surface area contributed by atoms with Crippen LogP contribution in [-0.4, -0.2) is 23.0 Å². The molecule has 0 radical (unpaired) electrons. The van der Waals surface area contributed by atoms with E-state index in [1.807, 2.05) is 18.2 Å². The standard InChI is InChI=1S/C13H12N4O2S/c18-20(19,10-11-4-2-1-3-5-11)16-12-8-14-13-6-7-15-17(13)9-12/h1-9,16H,10H2. The summed E-state index contributed by atoms with van der Waals surface area (Å²) in [5.41, 5.74) is 1.78. The first-order valence-electron chi connectivity index (χ1n) is 5.96. The minimum atomic E-state index is -3.47. The van der Waals surface area contributed by atoms with E-state index in [1.54, 1.807) is 30.6 Å². The molecule has 2 heterocycles. The zero-order chi connectivity index (χ0) is 14.0. The van der Waals surface area contributed by atoms with Gasteiger partial charge in [-0.1, -0.05) is 30.3 Å². The highest BCUT2D eigenvalue weighted by molar-refractivity contribution is 7.91. The molecule has 0 saturated carbocycles. The van der Waals surface area contributed by atoms with Gasteiger partial charge in [0.1, 0.15) is 0 Å². The Bertz CT molecular complexity index is 828. The molecule has 3 rings (SSSR count). The predicted octanol–water partition coefficient (Wildman–Crippen LogP) is 1.67. The van der Waals surface area contributed by atoms with Crippen molar-refractivity contribution < 1.29 is 8.42 Å². The number of hydrogen-bond donors (Lipinski definition) is 1. The van der Waals surface area contributed by atoms with Crippen LogP contribution >= 0.6 is 0 Å². The summed E-state index contributed by atoms with van der Waals surface area (Å²) in [6.45, 7) is 0. The third-order valence-corrected chi connectivity index (χ3v) is 3.98. The molecule has 0 spiro atoms. The number of nitrogens with one attached hydrogen (secondary N) is 1. The smallest absolute Gasteiger partial charge is 0.237 e. The highest BCUT2D eigenvalue weighted by Gasteiger charge is 2.12. The molecule has 20 heavy (non-hydrogen) atoms. The Kier molecular flexibility index (Phi) is 3.11. The van der Waals surface area contributed by atoms with Crippen molar-refractivity contribution in [3.63, 3.8) is 0 Å². The fourth-order valence-corrected chi connectivity index (χ4v) is 3.04. The van der Waals surface area contributed by atoms with Crippen molar-refractivity contribution in [1.29, 1.82) is 0 Å². The maximum absolute atomic E-state index is 12.1. The first-order valence-corrected chi connectivity index (χ1v) is 7.61. The Labute approximate surface area is 116 Å². The number of benzene rings is 1. The molecule has 6 nitrogen and oxygen atoms in total. The van der Waals surface area contributed by atoms with E-state index >= 15 is 0 Å². The van der Waals surface area contributed by atoms with Crippen LogP contribution < -0.4 is 4.72 Å². The molecule has 0 bridgehead atoms. The molecule has 0 aliphatic carbocycles. The van der Waals surface area contributed by atoms with Gasteiger partial charge in [-0.05, 0) is 5.56 Å². The topological polar surface area (TPSA) is 76.4 Å². The number of rotatable bonds is 4. The number of nitrogens with zero attached hydrogens (tertiary/aromatic N) is 3. The van der Waals surface area contributed by atoms with Crippen molar-refractivity contribution in [2.24, 2.45) is 0 Å². The number of aromatic nitrogens is 3. The molecule has 3 aromatic rings. The molecule has 102 valence electrons. The summed E-state index contributed by atoms with van der Waals surface area (Å²) in [4.78, 5) is 4.11. The molecule has 1 N–H and O–H groups in total. The minimum absolute atomic E-state index is 0.0784. The maximum Gasteiger partial charge on any atom is 0.237 e. The third-order valence-electron chi connectivity index (χ3n) is 2.72. The Morgan fingerprint density at radius 3 is 2.75 bits per heavy atom. The number of anilines is 1. The average Bonchev–Trinajstić information content (AvgIpc) is 2.86. The molecule has 0 fully saturated rings. The summed E-state index contributed by atoms with van der Waals surface area (Å²) in [6.07, 6.45) is 4.66. The average molecular weight is 288 g/mol. The van der Waals surface area contributed by atoms with Crippen molar-refractivity contribution in [2.45, 2.75) is 5.75 Å². The molecule has 2 aromatic heterocycles. The first-order chi connectivity index (χ1) is 9.62. The van der Waals surface area contributed by atoms with E-state index in [9.17, 15) is 8.42 Å². The molecule has 0 unspecified atom stereocenters. The van der Waals surface area contributed by atoms with Crippen LogP contribution in [0, 0.1) is 0 Å². The lowest BCUT2D eigenvalue weighted by molar-refractivity contribution is 0.600. The van der Waals surface area contributed by atoms with E-state index in [4.69, 9.17) is 0 Å². The van der Waals surface area contributed by atoms with Crippen molar-refractivity contribution >= 4 is 21.4 Å². The lowest BCUT2D eigenvalue weighted by Gasteiger charge is -2.07. The summed E-state index contributed by atoms with van der Waals surface area (Å²) in [5, 5.41) is 4.01. The fraction of sp³-hybridized carbons (Fsp3) is 0.0769. The molecule has 7 heteroatoms. The molecule has 0 amide bonds. The van der Waals surface area contributed by atoms with E-state index in [1.165, 1.54) is 10.7 Å². The van der Waals surface area contributed by atoms with E-state index in [-0.39, 0.29) is 5.75 Å². The van der Waals surface area contributed by atoms with Crippen LogP contribution in [0.5, 0.6) is 0 Å². The van der Waals surface area contributed by atoms with Crippen molar-refractivity contribution in [3.8, 4) is 0 Å². The van der Waals surface area contributed by atoms with Gasteiger partial charge in [-0.3, -0.25) is 4.72 Å². The van der Waals surface area contributed by atoms with Gasteiger partial charge < -0.3 is 0 Å². The van der Waals surface area contributed by atoms with E-state index < -0.39 is 10.0 Å². The second-order valence-corrected chi connectivity index (χ2v) is 6.05. The Morgan fingerprint density at radius 1 is 1.15 bits per heavy atom. The summed E-state index contributed by atoms with van der Waals surface area (Å²) in [7, 11) is -3.47. The Morgan fingerprint density at radius 2 is 1.95 bits per heavy atom. The number of fused-ring (bicyclic) bond motifs is 1. The normalized spacial score (nSPS) is 11.6. The van der Waals surface area contributed by atoms with Crippen LogP contribution in [0.2, 0.25) is 0 Å². The third kappa shape index (κ3) is 2.77. The molecule has 0 atom stereocenters. The van der Waals surface area contributed by atoms with Crippen LogP contribution in [0.4, 0.5) is 5.69 Å². The SMILES string of the molecule is O=S(=O)(Cc1ccccc1)Nc1cnc2ccnn2c1. The minimum Gasteiger partial charge on any atom is -0.280 e. The Hall–Kier alpha value is -2.41. The summed E-state index contributed by atoms with van der Waals surface area (Å²) in [5.74, 6) is -0.0784. The number of hydrogen-bond acceptors (Lipinski definition) is 4. The highest BCUT2D eigenvalue weighted by Crippen LogP contribution is 2.12. The van der Waals surface area contributed by atoms with E-state index in [0.717, 1.165) is 5.56 Å². The van der Waals surface area contributed by atoms with Gasteiger partial charge in [-0.2, -0.15) is 5.10 Å². The fourth-order valence-electron chi connectivity index (χ4n) is 1.87. The van der Waals surface area contributed by atoms with E-state index in [0.29, 0.717) is 11.3 Å². The summed E-state index contributed by atoms with van der Waals surface area (Å²) in [6, 6.07) is 10.7. The quantitative estimate of drug-likeness (QED) is 0.792. The number of sulfonamides is 1. The van der Waals surface area contributed by atoms with Crippen molar-refractivity contribution in [1.82, 2.24) is 14.6 Å². The van der Waals surface area contributed by atoms with Crippen molar-refractivity contribution in [3.05, 3.63) is 60.6 Å². The van der Waals surface area contributed by atoms with Gasteiger partial charge in [-0.15, -0.1) is 0 Å². The molecular weight excluding hydrogens is 276 g/mol. The summed E-state index contributed by atoms with van der Waals surface area (Å²) < 4.78 is 28.2. The molecular formula is C13H12N4O2S. The molecule has 0 aliphatic rings. The van der Waals surface area contributed by atoms with Gasteiger partial charge >= 0.3 is 0 Å². The van der Waals surface area contributed by atoms with Crippen LogP contribution in [-0.2, 0) is 15.8 Å². The monoisotopic (exact) mass is 288 g/mol. The first kappa shape index (κ1) is 12.6. The van der Waals surface area contributed by atoms with Crippen LogP contribution in [0.15, 0.2) is 55.0 Å². The van der Waals surface area contributed by atoms with Gasteiger partial charge in [0.25, 0.3) is 0 Å². The van der Waals surface area contributed by atoms with Gasteiger partial charge in [0.2, 0.25) is 10.0 Å². The molecule has 0 saturated heterocycles. The summed E-state index contributed by atoms with van der Waals surface area (Å²) >= 11 is 0. The van der Waals surface area contributed by atoms with Gasteiger partial charge in [-0.25, -0.2) is 17.9 Å². The van der Waals surface area contributed by atoms with Crippen LogP contribution in [0.25, 0.3) is 5.65 Å². The van der Waals surface area contributed by atoms with Gasteiger partial charge in [0.05, 0.1) is 30.0 Å². The maximum atomic E-state index is 12.1. The second kappa shape index (κ2) is 4.93. The van der Waals surface area contributed by atoms with E-state index in [2.05, 4.69) is 14.8 Å². The highest BCUT2D eigenvalue weighted by atomic mass is 32.2. The van der Waals surface area contributed by atoms with Gasteiger partial charge in [0, 0.05) is 6.07 Å². The Balaban J connectivity index is 1.82. The molecule has 0 aliphatic heterocycles. The van der Waals surface area contributed by atoms with Crippen molar-refractivity contribution in [2.75, 3.05) is 4.72 Å². The van der Waals surface area contributed by atoms with Crippen LogP contribution in [0.3, 0.4) is 0 Å². The van der Waals surface area contributed by atoms with Crippen LogP contribution in [0.1, 0.15) is 5.56 Å². The zero-order valence-electron chi connectivity index (χ0n) is 10.5. The van der Waals surface area contributed by atoms with Gasteiger partial charge in [0.15, 0.2) is 5.65 Å².